The predicted octanol–water partition coefficient (Wildman–Crippen LogP) is 4.00. The van der Waals surface area contributed by atoms with E-state index in [1.165, 1.54) is 0 Å². The summed E-state index contributed by atoms with van der Waals surface area (Å²) < 4.78 is 5.68. The van der Waals surface area contributed by atoms with Crippen LogP contribution in [0.1, 0.15) is 36.4 Å². The van der Waals surface area contributed by atoms with E-state index in [0.29, 0.717) is 37.6 Å². The molecular weight excluding hydrogens is 402 g/mol. The lowest BCUT2D eigenvalue weighted by molar-refractivity contribution is -0.134. The van der Waals surface area contributed by atoms with Crippen molar-refractivity contribution in [1.82, 2.24) is 15.1 Å². The van der Waals surface area contributed by atoms with Gasteiger partial charge in [0, 0.05) is 37.1 Å². The maximum atomic E-state index is 13.1. The van der Waals surface area contributed by atoms with Crippen molar-refractivity contribution in [1.29, 1.82) is 0 Å². The van der Waals surface area contributed by atoms with Crippen LogP contribution in [0.15, 0.2) is 48.5 Å². The first-order valence-corrected chi connectivity index (χ1v) is 10.7. The van der Waals surface area contributed by atoms with Gasteiger partial charge in [-0.3, -0.25) is 4.79 Å². The lowest BCUT2D eigenvalue weighted by Gasteiger charge is -2.31. The van der Waals surface area contributed by atoms with Crippen LogP contribution in [0.5, 0.6) is 5.75 Å². The van der Waals surface area contributed by atoms with Crippen molar-refractivity contribution < 1.29 is 14.3 Å². The van der Waals surface area contributed by atoms with Gasteiger partial charge in [0.05, 0.1) is 12.6 Å². The first kappa shape index (κ1) is 20.5. The van der Waals surface area contributed by atoms with Crippen molar-refractivity contribution >= 4 is 23.5 Å². The molecule has 1 N–H and O–H groups in total. The van der Waals surface area contributed by atoms with Gasteiger partial charge in [0.1, 0.15) is 11.8 Å². The molecule has 30 heavy (non-hydrogen) atoms. The molecule has 2 heterocycles. The van der Waals surface area contributed by atoms with E-state index in [0.717, 1.165) is 23.3 Å². The number of hydrogen-bond acceptors (Lipinski definition) is 3. The molecule has 2 aromatic carbocycles. The Morgan fingerprint density at radius 2 is 1.93 bits per heavy atom. The van der Waals surface area contributed by atoms with E-state index in [-0.39, 0.29) is 18.0 Å². The van der Waals surface area contributed by atoms with Crippen molar-refractivity contribution in [2.45, 2.75) is 37.9 Å². The Morgan fingerprint density at radius 1 is 1.17 bits per heavy atom. The molecule has 2 atom stereocenters. The van der Waals surface area contributed by atoms with Crippen LogP contribution in [0.25, 0.3) is 0 Å². The highest BCUT2D eigenvalue weighted by Gasteiger charge is 2.37. The van der Waals surface area contributed by atoms with Crippen LogP contribution in [-0.2, 0) is 11.3 Å². The van der Waals surface area contributed by atoms with Crippen LogP contribution in [0.2, 0.25) is 5.02 Å². The Labute approximate surface area is 181 Å². The standard InChI is InChI=1S/C23H26ClN3O3/c1-26(15-16-8-10-17(24)11-9-16)22(28)20-6-4-13-27(20)23(29)25-19-12-14-30-21-7-3-2-5-18(19)21/h2-3,5,7-11,19-20H,4,6,12-15H2,1H3,(H,25,29). The van der Waals surface area contributed by atoms with E-state index in [4.69, 9.17) is 16.3 Å². The number of benzene rings is 2. The molecule has 6 nitrogen and oxygen atoms in total. The van der Waals surface area contributed by atoms with Gasteiger partial charge in [-0.1, -0.05) is 41.9 Å². The molecule has 0 saturated carbocycles. The lowest BCUT2D eigenvalue weighted by atomic mass is 10.0. The molecule has 158 valence electrons. The number of amides is 3. The number of para-hydroxylation sites is 1. The highest BCUT2D eigenvalue weighted by molar-refractivity contribution is 6.30. The maximum absolute atomic E-state index is 13.1. The number of likely N-dealkylation sites (tertiary alicyclic amines) is 1. The highest BCUT2D eigenvalue weighted by atomic mass is 35.5. The number of rotatable bonds is 4. The Balaban J connectivity index is 1.41. The molecule has 7 heteroatoms. The fourth-order valence-corrected chi connectivity index (χ4v) is 4.31. The predicted molar refractivity (Wildman–Crippen MR) is 115 cm³/mol. The van der Waals surface area contributed by atoms with Gasteiger partial charge in [-0.2, -0.15) is 0 Å². The van der Waals surface area contributed by atoms with Crippen molar-refractivity contribution in [2.24, 2.45) is 0 Å². The largest absolute Gasteiger partial charge is 0.493 e. The zero-order valence-corrected chi connectivity index (χ0v) is 17.8. The zero-order valence-electron chi connectivity index (χ0n) is 17.0. The van der Waals surface area contributed by atoms with Gasteiger partial charge in [0.15, 0.2) is 0 Å². The van der Waals surface area contributed by atoms with Crippen molar-refractivity contribution in [3.05, 3.63) is 64.7 Å². The molecule has 0 aromatic heterocycles. The van der Waals surface area contributed by atoms with E-state index < -0.39 is 6.04 Å². The van der Waals surface area contributed by atoms with Gasteiger partial charge in [-0.05, 0) is 36.6 Å². The molecule has 1 fully saturated rings. The molecule has 4 rings (SSSR count). The second kappa shape index (κ2) is 8.96. The molecule has 0 spiro atoms. The number of likely N-dealkylation sites (N-methyl/N-ethyl adjacent to an activating group) is 1. The van der Waals surface area contributed by atoms with Crippen molar-refractivity contribution in [3.63, 3.8) is 0 Å². The van der Waals surface area contributed by atoms with Gasteiger partial charge in [0.2, 0.25) is 5.91 Å². The third kappa shape index (κ3) is 4.38. The number of carbonyl (C=O) groups is 2. The normalized spacial score (nSPS) is 20.3. The molecule has 2 aromatic rings. The molecule has 0 bridgehead atoms. The van der Waals surface area contributed by atoms with E-state index in [1.54, 1.807) is 16.8 Å². The van der Waals surface area contributed by atoms with E-state index >= 15 is 0 Å². The van der Waals surface area contributed by atoms with Crippen LogP contribution >= 0.6 is 11.6 Å². The van der Waals surface area contributed by atoms with Crippen LogP contribution in [0.3, 0.4) is 0 Å². The molecule has 2 aliphatic heterocycles. The minimum Gasteiger partial charge on any atom is -0.493 e. The zero-order chi connectivity index (χ0) is 21.1. The van der Waals surface area contributed by atoms with Crippen LogP contribution in [0.4, 0.5) is 4.79 Å². The monoisotopic (exact) mass is 427 g/mol. The average Bonchev–Trinajstić information content (AvgIpc) is 3.25. The van der Waals surface area contributed by atoms with Crippen molar-refractivity contribution in [3.8, 4) is 5.75 Å². The summed E-state index contributed by atoms with van der Waals surface area (Å²) in [6, 6.07) is 14.5. The second-order valence-corrected chi connectivity index (χ2v) is 8.29. The molecule has 2 unspecified atom stereocenters. The summed E-state index contributed by atoms with van der Waals surface area (Å²) in [5.41, 5.74) is 1.99. The number of fused-ring (bicyclic) bond motifs is 1. The summed E-state index contributed by atoms with van der Waals surface area (Å²) in [4.78, 5) is 29.5. The summed E-state index contributed by atoms with van der Waals surface area (Å²) in [5, 5.41) is 3.79. The molecule has 1 saturated heterocycles. The first-order valence-electron chi connectivity index (χ1n) is 10.3. The summed E-state index contributed by atoms with van der Waals surface area (Å²) in [6.45, 7) is 1.63. The van der Waals surface area contributed by atoms with Crippen LogP contribution in [0, 0.1) is 0 Å². The fourth-order valence-electron chi connectivity index (χ4n) is 4.19. The number of ether oxygens (including phenoxy) is 1. The van der Waals surface area contributed by atoms with Crippen molar-refractivity contribution in [2.75, 3.05) is 20.2 Å². The molecule has 2 aliphatic rings. The quantitative estimate of drug-likeness (QED) is 0.802. The molecule has 0 radical (unpaired) electrons. The minimum atomic E-state index is -0.433. The fraction of sp³-hybridized carbons (Fsp3) is 0.391. The number of urea groups is 1. The van der Waals surface area contributed by atoms with Gasteiger partial charge in [0.25, 0.3) is 0 Å². The van der Waals surface area contributed by atoms with E-state index in [9.17, 15) is 9.59 Å². The lowest BCUT2D eigenvalue weighted by Crippen LogP contribution is -2.50. The number of carbonyl (C=O) groups excluding carboxylic acids is 2. The Kier molecular flexibility index (Phi) is 6.13. The van der Waals surface area contributed by atoms with Crippen LogP contribution in [-0.4, -0.2) is 48.0 Å². The first-order chi connectivity index (χ1) is 14.5. The van der Waals surface area contributed by atoms with Crippen LogP contribution < -0.4 is 10.1 Å². The number of hydrogen-bond donors (Lipinski definition) is 1. The van der Waals surface area contributed by atoms with Gasteiger partial charge in [-0.15, -0.1) is 0 Å². The van der Waals surface area contributed by atoms with Gasteiger partial charge >= 0.3 is 6.03 Å². The summed E-state index contributed by atoms with van der Waals surface area (Å²) >= 11 is 5.94. The Hall–Kier alpha value is -2.73. The number of nitrogens with zero attached hydrogens (tertiary/aromatic N) is 2. The molecular formula is C23H26ClN3O3. The highest BCUT2D eigenvalue weighted by Crippen LogP contribution is 2.32. The summed E-state index contributed by atoms with van der Waals surface area (Å²) in [7, 11) is 1.78. The maximum Gasteiger partial charge on any atom is 0.318 e. The third-order valence-electron chi connectivity index (χ3n) is 5.76. The van der Waals surface area contributed by atoms with E-state index in [2.05, 4.69) is 5.32 Å². The average molecular weight is 428 g/mol. The smallest absolute Gasteiger partial charge is 0.318 e. The summed E-state index contributed by atoms with van der Waals surface area (Å²) in [5.74, 6) is 0.774. The Morgan fingerprint density at radius 3 is 2.73 bits per heavy atom. The Bertz CT molecular complexity index is 918. The topological polar surface area (TPSA) is 61.9 Å². The SMILES string of the molecule is CN(Cc1ccc(Cl)cc1)C(=O)C1CCCN1C(=O)NC1CCOc2ccccc21. The number of halogens is 1. The van der Waals surface area contributed by atoms with E-state index in [1.807, 2.05) is 48.5 Å². The second-order valence-electron chi connectivity index (χ2n) is 7.85. The van der Waals surface area contributed by atoms with Gasteiger partial charge in [-0.25, -0.2) is 4.79 Å². The third-order valence-corrected chi connectivity index (χ3v) is 6.02. The number of nitrogens with one attached hydrogen (secondary N) is 1. The van der Waals surface area contributed by atoms with Gasteiger partial charge < -0.3 is 19.9 Å². The molecule has 3 amide bonds. The molecule has 0 aliphatic carbocycles. The minimum absolute atomic E-state index is 0.0371. The summed E-state index contributed by atoms with van der Waals surface area (Å²) in [6.07, 6.45) is 2.22.